The highest BCUT2D eigenvalue weighted by Crippen LogP contribution is 2.38. The lowest BCUT2D eigenvalue weighted by atomic mass is 9.99. The van der Waals surface area contributed by atoms with E-state index in [0.717, 1.165) is 18.9 Å². The van der Waals surface area contributed by atoms with Crippen LogP contribution in [-0.4, -0.2) is 5.54 Å². The molecule has 0 amide bonds. The van der Waals surface area contributed by atoms with Crippen molar-refractivity contribution < 1.29 is 13.2 Å². The monoisotopic (exact) mass is 215 g/mol. The van der Waals surface area contributed by atoms with Crippen LogP contribution in [0, 0.1) is 5.82 Å². The largest absolute Gasteiger partial charge is 0.325 e. The van der Waals surface area contributed by atoms with Crippen molar-refractivity contribution in [2.24, 2.45) is 5.73 Å². The van der Waals surface area contributed by atoms with E-state index in [1.165, 1.54) is 12.1 Å². The number of nitrogens with two attached hydrogens (primary N) is 1. The molecule has 1 nitrogen and oxygen atoms in total. The lowest BCUT2D eigenvalue weighted by molar-refractivity contribution is 0.145. The Morgan fingerprint density at radius 3 is 2.53 bits per heavy atom. The molecule has 0 bridgehead atoms. The van der Waals surface area contributed by atoms with Crippen molar-refractivity contribution in [3.8, 4) is 0 Å². The molecule has 1 fully saturated rings. The summed E-state index contributed by atoms with van der Waals surface area (Å²) in [6.07, 6.45) is -0.786. The van der Waals surface area contributed by atoms with Crippen LogP contribution in [0.3, 0.4) is 0 Å². The van der Waals surface area contributed by atoms with E-state index in [1.54, 1.807) is 0 Å². The number of halogens is 3. The minimum absolute atomic E-state index is 0.338. The third kappa shape index (κ3) is 2.15. The normalized spacial score (nSPS) is 18.2. The standard InChI is InChI=1S/C11H12F3N/c12-8-3-1-2-7(9(8)10(13)14)6-11(15)4-5-11/h1-3,10H,4-6,15H2. The van der Waals surface area contributed by atoms with Gasteiger partial charge in [0.25, 0.3) is 6.43 Å². The van der Waals surface area contributed by atoms with Crippen LogP contribution in [0.25, 0.3) is 0 Å². The van der Waals surface area contributed by atoms with Crippen molar-refractivity contribution in [2.75, 3.05) is 0 Å². The molecule has 1 aromatic carbocycles. The molecule has 0 radical (unpaired) electrons. The van der Waals surface area contributed by atoms with E-state index >= 15 is 0 Å². The smallest absolute Gasteiger partial charge is 0.266 e. The first-order valence-electron chi connectivity index (χ1n) is 4.86. The highest BCUT2D eigenvalue weighted by Gasteiger charge is 2.39. The summed E-state index contributed by atoms with van der Waals surface area (Å²) in [6, 6.07) is 4.03. The average Bonchev–Trinajstić information content (AvgIpc) is 2.82. The van der Waals surface area contributed by atoms with Crippen molar-refractivity contribution in [3.05, 3.63) is 35.1 Å². The predicted molar refractivity (Wildman–Crippen MR) is 51.2 cm³/mol. The Bertz CT molecular complexity index is 372. The van der Waals surface area contributed by atoms with E-state index in [0.29, 0.717) is 12.0 Å². The van der Waals surface area contributed by atoms with Gasteiger partial charge in [-0.2, -0.15) is 0 Å². The molecule has 0 aromatic heterocycles. The van der Waals surface area contributed by atoms with Crippen LogP contribution >= 0.6 is 0 Å². The van der Waals surface area contributed by atoms with Gasteiger partial charge < -0.3 is 5.73 Å². The number of hydrogen-bond donors (Lipinski definition) is 1. The fourth-order valence-corrected chi connectivity index (χ4v) is 1.70. The van der Waals surface area contributed by atoms with Crippen LogP contribution in [0.2, 0.25) is 0 Å². The zero-order valence-corrected chi connectivity index (χ0v) is 8.14. The highest BCUT2D eigenvalue weighted by atomic mass is 19.3. The summed E-state index contributed by atoms with van der Waals surface area (Å²) in [4.78, 5) is 0. The summed E-state index contributed by atoms with van der Waals surface area (Å²) in [5.41, 5.74) is 5.30. The van der Waals surface area contributed by atoms with Crippen molar-refractivity contribution in [2.45, 2.75) is 31.2 Å². The Labute approximate surface area is 86.1 Å². The molecule has 15 heavy (non-hydrogen) atoms. The topological polar surface area (TPSA) is 26.0 Å². The second kappa shape index (κ2) is 3.52. The van der Waals surface area contributed by atoms with Gasteiger partial charge in [0.15, 0.2) is 0 Å². The van der Waals surface area contributed by atoms with Crippen LogP contribution in [0.5, 0.6) is 0 Å². The van der Waals surface area contributed by atoms with Crippen molar-refractivity contribution in [1.82, 2.24) is 0 Å². The molecule has 0 saturated heterocycles. The number of hydrogen-bond acceptors (Lipinski definition) is 1. The third-order valence-corrected chi connectivity index (χ3v) is 2.80. The molecule has 0 atom stereocenters. The van der Waals surface area contributed by atoms with Gasteiger partial charge in [0, 0.05) is 5.54 Å². The van der Waals surface area contributed by atoms with Crippen LogP contribution < -0.4 is 5.73 Å². The van der Waals surface area contributed by atoms with Gasteiger partial charge >= 0.3 is 0 Å². The molecule has 0 aliphatic heterocycles. The Balaban J connectivity index is 2.32. The molecule has 1 aliphatic carbocycles. The summed E-state index contributed by atoms with van der Waals surface area (Å²) in [5, 5.41) is 0. The molecule has 1 aromatic rings. The van der Waals surface area contributed by atoms with Gasteiger partial charge in [0.1, 0.15) is 5.82 Å². The van der Waals surface area contributed by atoms with Crippen LogP contribution in [0.15, 0.2) is 18.2 Å². The fraction of sp³-hybridized carbons (Fsp3) is 0.455. The van der Waals surface area contributed by atoms with E-state index in [4.69, 9.17) is 5.73 Å². The van der Waals surface area contributed by atoms with Crippen LogP contribution in [0.4, 0.5) is 13.2 Å². The minimum atomic E-state index is -2.77. The van der Waals surface area contributed by atoms with Crippen molar-refractivity contribution >= 4 is 0 Å². The highest BCUT2D eigenvalue weighted by molar-refractivity contribution is 5.32. The Morgan fingerprint density at radius 2 is 2.00 bits per heavy atom. The second-order valence-electron chi connectivity index (χ2n) is 4.15. The fourth-order valence-electron chi connectivity index (χ4n) is 1.70. The van der Waals surface area contributed by atoms with E-state index < -0.39 is 17.8 Å². The SMILES string of the molecule is NC1(Cc2cccc(F)c2C(F)F)CC1. The molecule has 4 heteroatoms. The van der Waals surface area contributed by atoms with Gasteiger partial charge in [-0.15, -0.1) is 0 Å². The van der Waals surface area contributed by atoms with E-state index in [1.807, 2.05) is 0 Å². The molecule has 0 unspecified atom stereocenters. The van der Waals surface area contributed by atoms with E-state index in [2.05, 4.69) is 0 Å². The van der Waals surface area contributed by atoms with Gasteiger partial charge in [0.05, 0.1) is 5.56 Å². The maximum Gasteiger partial charge on any atom is 0.266 e. The van der Waals surface area contributed by atoms with Gasteiger partial charge in [-0.3, -0.25) is 0 Å². The van der Waals surface area contributed by atoms with Crippen molar-refractivity contribution in [3.63, 3.8) is 0 Å². The molecule has 0 heterocycles. The molecule has 1 aliphatic rings. The zero-order chi connectivity index (χ0) is 11.1. The molecule has 2 N–H and O–H groups in total. The first-order valence-corrected chi connectivity index (χ1v) is 4.86. The van der Waals surface area contributed by atoms with Gasteiger partial charge in [-0.1, -0.05) is 12.1 Å². The van der Waals surface area contributed by atoms with Gasteiger partial charge in [0.2, 0.25) is 0 Å². The minimum Gasteiger partial charge on any atom is -0.325 e. The molecular formula is C11H12F3N. The Hall–Kier alpha value is -1.03. The lowest BCUT2D eigenvalue weighted by Crippen LogP contribution is -2.25. The molecule has 0 spiro atoms. The first kappa shape index (κ1) is 10.5. The Kier molecular flexibility index (Phi) is 2.46. The maximum absolute atomic E-state index is 13.2. The quantitative estimate of drug-likeness (QED) is 0.824. The maximum atomic E-state index is 13.2. The van der Waals surface area contributed by atoms with Crippen LogP contribution in [0.1, 0.15) is 30.4 Å². The Morgan fingerprint density at radius 1 is 1.33 bits per heavy atom. The number of alkyl halides is 2. The third-order valence-electron chi connectivity index (χ3n) is 2.80. The number of benzene rings is 1. The summed E-state index contributed by atoms with van der Waals surface area (Å²) < 4.78 is 38.4. The molecule has 82 valence electrons. The number of rotatable bonds is 3. The van der Waals surface area contributed by atoms with E-state index in [-0.39, 0.29) is 5.54 Å². The molecular weight excluding hydrogens is 203 g/mol. The average molecular weight is 215 g/mol. The predicted octanol–water partition coefficient (Wildman–Crippen LogP) is 2.80. The summed E-state index contributed by atoms with van der Waals surface area (Å²) in [5.74, 6) is -0.841. The summed E-state index contributed by atoms with van der Waals surface area (Å²) in [6.45, 7) is 0. The first-order chi connectivity index (χ1) is 7.02. The van der Waals surface area contributed by atoms with E-state index in [9.17, 15) is 13.2 Å². The van der Waals surface area contributed by atoms with Gasteiger partial charge in [-0.05, 0) is 30.9 Å². The van der Waals surface area contributed by atoms with Crippen molar-refractivity contribution in [1.29, 1.82) is 0 Å². The molecule has 2 rings (SSSR count). The second-order valence-corrected chi connectivity index (χ2v) is 4.15. The lowest BCUT2D eigenvalue weighted by Gasteiger charge is -2.13. The van der Waals surface area contributed by atoms with Crippen LogP contribution in [-0.2, 0) is 6.42 Å². The van der Waals surface area contributed by atoms with Gasteiger partial charge in [-0.25, -0.2) is 13.2 Å². The zero-order valence-electron chi connectivity index (χ0n) is 8.14. The summed E-state index contributed by atoms with van der Waals surface area (Å²) in [7, 11) is 0. The summed E-state index contributed by atoms with van der Waals surface area (Å²) >= 11 is 0. The molecule has 1 saturated carbocycles.